The lowest BCUT2D eigenvalue weighted by atomic mass is 10.3. The smallest absolute Gasteiger partial charge is 0.270 e. The summed E-state index contributed by atoms with van der Waals surface area (Å²) in [5, 5.41) is 10.7. The second-order valence-electron chi connectivity index (χ2n) is 3.83. The van der Waals surface area contributed by atoms with Crippen molar-refractivity contribution in [3.63, 3.8) is 0 Å². The molecular formula is C9H13N5O5S. The van der Waals surface area contributed by atoms with Crippen molar-refractivity contribution < 1.29 is 18.1 Å². The van der Waals surface area contributed by atoms with Crippen LogP contribution < -0.4 is 21.7 Å². The molecule has 0 radical (unpaired) electrons. The molecule has 0 saturated heterocycles. The first-order valence-corrected chi connectivity index (χ1v) is 6.74. The largest absolute Gasteiger partial charge is 0.368 e. The average Bonchev–Trinajstić information content (AvgIpc) is 2.37. The summed E-state index contributed by atoms with van der Waals surface area (Å²) in [4.78, 5) is 20.4. The summed E-state index contributed by atoms with van der Waals surface area (Å²) in [5.41, 5.74) is 6.58. The lowest BCUT2D eigenvalue weighted by Crippen LogP contribution is -2.42. The van der Waals surface area contributed by atoms with Crippen LogP contribution in [0.1, 0.15) is 6.92 Å². The van der Waals surface area contributed by atoms with Gasteiger partial charge in [0.05, 0.1) is 16.7 Å². The summed E-state index contributed by atoms with van der Waals surface area (Å²) in [6.07, 6.45) is 0. The zero-order valence-corrected chi connectivity index (χ0v) is 11.2. The fraction of sp³-hybridized carbons (Fsp3) is 0.222. The van der Waals surface area contributed by atoms with Gasteiger partial charge in [-0.1, -0.05) is 0 Å². The lowest BCUT2D eigenvalue weighted by Gasteiger charge is -2.13. The van der Waals surface area contributed by atoms with Crippen LogP contribution in [0.2, 0.25) is 0 Å². The van der Waals surface area contributed by atoms with E-state index in [1.807, 2.05) is 4.72 Å². The van der Waals surface area contributed by atoms with Crippen LogP contribution in [0.4, 0.5) is 11.4 Å². The molecule has 11 heteroatoms. The van der Waals surface area contributed by atoms with Crippen LogP contribution in [-0.4, -0.2) is 25.3 Å². The number of carbonyl (C=O) groups excluding carboxylic acids is 1. The molecule has 1 atom stereocenters. The summed E-state index contributed by atoms with van der Waals surface area (Å²) < 4.78 is 26.1. The maximum Gasteiger partial charge on any atom is 0.270 e. The molecule has 20 heavy (non-hydrogen) atoms. The monoisotopic (exact) mass is 303 g/mol. The van der Waals surface area contributed by atoms with Crippen LogP contribution in [0.5, 0.6) is 0 Å². The molecule has 0 fully saturated rings. The van der Waals surface area contributed by atoms with Crippen molar-refractivity contribution in [1.82, 2.24) is 4.72 Å². The number of nitro benzene ring substituents is 1. The average molecular weight is 303 g/mol. The van der Waals surface area contributed by atoms with Gasteiger partial charge in [0.15, 0.2) is 0 Å². The summed E-state index contributed by atoms with van der Waals surface area (Å²) in [6, 6.07) is 1.88. The Morgan fingerprint density at radius 1 is 1.45 bits per heavy atom. The maximum absolute atomic E-state index is 12.1. The fourth-order valence-corrected chi connectivity index (χ4v) is 2.72. The van der Waals surface area contributed by atoms with E-state index in [0.29, 0.717) is 0 Å². The number of benzene rings is 1. The number of amides is 1. The normalized spacial score (nSPS) is 12.7. The molecule has 1 aromatic rings. The Bertz CT molecular complexity index is 644. The van der Waals surface area contributed by atoms with Crippen molar-refractivity contribution in [2.75, 3.05) is 5.43 Å². The van der Waals surface area contributed by atoms with Crippen molar-refractivity contribution >= 4 is 27.3 Å². The second-order valence-corrected chi connectivity index (χ2v) is 5.51. The van der Waals surface area contributed by atoms with Gasteiger partial charge in [-0.25, -0.2) is 8.42 Å². The third kappa shape index (κ3) is 3.40. The molecule has 0 aliphatic rings. The van der Waals surface area contributed by atoms with Crippen molar-refractivity contribution in [2.45, 2.75) is 17.9 Å². The maximum atomic E-state index is 12.1. The molecule has 1 aromatic carbocycles. The third-order valence-electron chi connectivity index (χ3n) is 2.38. The highest BCUT2D eigenvalue weighted by molar-refractivity contribution is 7.89. The van der Waals surface area contributed by atoms with E-state index in [2.05, 4.69) is 5.43 Å². The molecule has 0 aliphatic carbocycles. The Morgan fingerprint density at radius 2 is 2.05 bits per heavy atom. The number of nitro groups is 1. The molecule has 6 N–H and O–H groups in total. The molecule has 0 saturated carbocycles. The van der Waals surface area contributed by atoms with Crippen LogP contribution in [0.25, 0.3) is 0 Å². The number of nitrogens with one attached hydrogen (secondary N) is 2. The number of hydrazine groups is 1. The number of nitrogens with two attached hydrogens (primary N) is 2. The first-order chi connectivity index (χ1) is 9.19. The Labute approximate surface area is 114 Å². The Hall–Kier alpha value is -2.24. The van der Waals surface area contributed by atoms with E-state index in [4.69, 9.17) is 11.6 Å². The van der Waals surface area contributed by atoms with Gasteiger partial charge in [0.1, 0.15) is 4.90 Å². The highest BCUT2D eigenvalue weighted by Crippen LogP contribution is 2.25. The minimum Gasteiger partial charge on any atom is -0.368 e. The molecule has 110 valence electrons. The highest BCUT2D eigenvalue weighted by Gasteiger charge is 2.25. The first kappa shape index (κ1) is 15.8. The van der Waals surface area contributed by atoms with E-state index in [9.17, 15) is 23.3 Å². The van der Waals surface area contributed by atoms with Crippen molar-refractivity contribution in [1.29, 1.82) is 0 Å². The topological polar surface area (TPSA) is 170 Å². The second kappa shape index (κ2) is 5.81. The van der Waals surface area contributed by atoms with Gasteiger partial charge in [-0.3, -0.25) is 20.8 Å². The van der Waals surface area contributed by atoms with E-state index in [-0.39, 0.29) is 5.69 Å². The van der Waals surface area contributed by atoms with Gasteiger partial charge >= 0.3 is 0 Å². The standard InChI is InChI=1S/C9H13N5O5S/c1-5(9(10)15)13-20(18,19)8-4-6(14(16)17)2-3-7(8)12-11/h2-5,12-13H,11H2,1H3,(H2,10,15). The lowest BCUT2D eigenvalue weighted by molar-refractivity contribution is -0.385. The van der Waals surface area contributed by atoms with Crippen molar-refractivity contribution in [2.24, 2.45) is 11.6 Å². The van der Waals surface area contributed by atoms with Gasteiger partial charge in [-0.05, 0) is 13.0 Å². The predicted octanol–water partition coefficient (Wildman–Crippen LogP) is -0.967. The van der Waals surface area contributed by atoms with E-state index in [1.165, 1.54) is 6.92 Å². The zero-order chi connectivity index (χ0) is 15.5. The van der Waals surface area contributed by atoms with Gasteiger partial charge in [-0.15, -0.1) is 0 Å². The predicted molar refractivity (Wildman–Crippen MR) is 69.9 cm³/mol. The van der Waals surface area contributed by atoms with Crippen molar-refractivity contribution in [3.8, 4) is 0 Å². The number of non-ortho nitro benzene ring substituents is 1. The fourth-order valence-electron chi connectivity index (χ4n) is 1.32. The number of anilines is 1. The van der Waals surface area contributed by atoms with Crippen LogP contribution in [0.15, 0.2) is 23.1 Å². The number of rotatable bonds is 6. The summed E-state index contributed by atoms with van der Waals surface area (Å²) >= 11 is 0. The van der Waals surface area contributed by atoms with E-state index < -0.39 is 37.5 Å². The van der Waals surface area contributed by atoms with E-state index in [1.54, 1.807) is 0 Å². The van der Waals surface area contributed by atoms with Crippen LogP contribution in [-0.2, 0) is 14.8 Å². The number of hydrogen-bond donors (Lipinski definition) is 4. The number of nitrogen functional groups attached to an aromatic ring is 1. The summed E-state index contributed by atoms with van der Waals surface area (Å²) in [5.74, 6) is 4.27. The SMILES string of the molecule is CC(NS(=O)(=O)c1cc([N+](=O)[O-])ccc1NN)C(N)=O. The number of hydrogen-bond acceptors (Lipinski definition) is 7. The molecule has 1 rings (SSSR count). The first-order valence-electron chi connectivity index (χ1n) is 5.25. The molecule has 0 spiro atoms. The number of sulfonamides is 1. The quantitative estimate of drug-likeness (QED) is 0.297. The number of carbonyl (C=O) groups is 1. The van der Waals surface area contributed by atoms with Gasteiger partial charge in [0.2, 0.25) is 15.9 Å². The third-order valence-corrected chi connectivity index (χ3v) is 3.96. The Balaban J connectivity index is 3.31. The van der Waals surface area contributed by atoms with Gasteiger partial charge in [0.25, 0.3) is 5.69 Å². The highest BCUT2D eigenvalue weighted by atomic mass is 32.2. The molecular weight excluding hydrogens is 290 g/mol. The Kier molecular flexibility index (Phi) is 4.60. The Morgan fingerprint density at radius 3 is 2.50 bits per heavy atom. The van der Waals surface area contributed by atoms with Crippen LogP contribution >= 0.6 is 0 Å². The van der Waals surface area contributed by atoms with Gasteiger partial charge in [-0.2, -0.15) is 4.72 Å². The molecule has 10 nitrogen and oxygen atoms in total. The zero-order valence-electron chi connectivity index (χ0n) is 10.4. The molecule has 0 aliphatic heterocycles. The van der Waals surface area contributed by atoms with Crippen molar-refractivity contribution in [3.05, 3.63) is 28.3 Å². The molecule has 1 unspecified atom stereocenters. The van der Waals surface area contributed by atoms with Gasteiger partial charge in [0, 0.05) is 12.1 Å². The van der Waals surface area contributed by atoms with Crippen LogP contribution in [0, 0.1) is 10.1 Å². The van der Waals surface area contributed by atoms with E-state index in [0.717, 1.165) is 18.2 Å². The minimum absolute atomic E-state index is 0.0558. The molecule has 1 amide bonds. The summed E-state index contributed by atoms with van der Waals surface area (Å²) in [7, 11) is -4.20. The number of nitrogens with zero attached hydrogens (tertiary/aromatic N) is 1. The minimum atomic E-state index is -4.20. The molecule has 0 aromatic heterocycles. The summed E-state index contributed by atoms with van der Waals surface area (Å²) in [6.45, 7) is 1.24. The van der Waals surface area contributed by atoms with E-state index >= 15 is 0 Å². The van der Waals surface area contributed by atoms with Gasteiger partial charge < -0.3 is 11.2 Å². The number of primary amides is 1. The van der Waals surface area contributed by atoms with Crippen LogP contribution in [0.3, 0.4) is 0 Å². The molecule has 0 heterocycles. The molecule has 0 bridgehead atoms.